The fourth-order valence-corrected chi connectivity index (χ4v) is 3.69. The van der Waals surface area contributed by atoms with Crippen molar-refractivity contribution in [3.8, 4) is 0 Å². The Morgan fingerprint density at radius 3 is 2.74 bits per heavy atom. The zero-order valence-electron chi connectivity index (χ0n) is 9.51. The summed E-state index contributed by atoms with van der Waals surface area (Å²) < 4.78 is 22.1. The third-order valence-electron chi connectivity index (χ3n) is 2.72. The average Bonchev–Trinajstić information content (AvgIpc) is 2.60. The van der Waals surface area contributed by atoms with Crippen LogP contribution in [0.1, 0.15) is 6.42 Å². The topological polar surface area (TPSA) is 67.3 Å². The van der Waals surface area contributed by atoms with Crippen molar-refractivity contribution in [1.29, 1.82) is 0 Å². The van der Waals surface area contributed by atoms with E-state index >= 15 is 0 Å². The zero-order valence-corrected chi connectivity index (χ0v) is 12.6. The molecular weight excluding hydrogens is 335 g/mol. The molecule has 0 spiro atoms. The maximum absolute atomic E-state index is 11.9. The Morgan fingerprint density at radius 1 is 1.42 bits per heavy atom. The highest BCUT2D eigenvalue weighted by Gasteiger charge is 2.34. The van der Waals surface area contributed by atoms with Crippen LogP contribution in [0.2, 0.25) is 10.2 Å². The average molecular weight is 344 g/mol. The number of carbonyl (C=O) groups is 1. The molecule has 0 radical (unpaired) electrons. The summed E-state index contributed by atoms with van der Waals surface area (Å²) in [6.45, 7) is 0.229. The molecule has 1 aromatic rings. The lowest BCUT2D eigenvalue weighted by Gasteiger charge is -2.17. The first-order valence-corrected chi connectivity index (χ1v) is 8.53. The summed E-state index contributed by atoms with van der Waals surface area (Å²) in [5.74, 6) is -0.830. The van der Waals surface area contributed by atoms with Gasteiger partial charge in [-0.15, -0.1) is 0 Å². The van der Waals surface area contributed by atoms with Crippen LogP contribution in [0.5, 0.6) is 0 Å². The highest BCUT2D eigenvalue weighted by atomic mass is 35.7. The molecule has 9 heteroatoms. The van der Waals surface area contributed by atoms with Gasteiger partial charge in [0, 0.05) is 35.8 Å². The molecule has 1 saturated heterocycles. The maximum atomic E-state index is 11.9. The molecule has 1 aromatic heterocycles. The van der Waals surface area contributed by atoms with E-state index < -0.39 is 9.05 Å². The van der Waals surface area contributed by atoms with Gasteiger partial charge in [0.15, 0.2) is 5.15 Å². The van der Waals surface area contributed by atoms with Gasteiger partial charge in [0.1, 0.15) is 0 Å². The Morgan fingerprint density at radius 2 is 2.11 bits per heavy atom. The molecule has 1 amide bonds. The van der Waals surface area contributed by atoms with Crippen LogP contribution in [0.3, 0.4) is 0 Å². The van der Waals surface area contributed by atoms with Gasteiger partial charge in [-0.2, -0.15) is 0 Å². The Balaban J connectivity index is 2.23. The highest BCUT2D eigenvalue weighted by Crippen LogP contribution is 2.32. The van der Waals surface area contributed by atoms with Crippen molar-refractivity contribution in [1.82, 2.24) is 4.98 Å². The molecule has 1 aliphatic heterocycles. The summed E-state index contributed by atoms with van der Waals surface area (Å²) in [5.41, 5.74) is 0.383. The molecule has 104 valence electrons. The largest absolute Gasteiger partial charge is 0.309 e. The standard InChI is InChI=1S/C10H9Cl3N2O3S/c11-7-2-8(10(12)14-3-7)15-4-6(1-9(15)16)5-19(13,17)18/h2-3,6H,1,4-5H2. The fourth-order valence-electron chi connectivity index (χ4n) is 2.01. The van der Waals surface area contributed by atoms with Crippen molar-refractivity contribution in [3.05, 3.63) is 22.4 Å². The first-order chi connectivity index (χ1) is 8.76. The van der Waals surface area contributed by atoms with Crippen LogP contribution in [-0.4, -0.2) is 31.6 Å². The molecule has 1 atom stereocenters. The molecule has 0 saturated carbocycles. The van der Waals surface area contributed by atoms with Crippen molar-refractivity contribution in [2.45, 2.75) is 6.42 Å². The summed E-state index contributed by atoms with van der Waals surface area (Å²) in [7, 11) is 1.56. The number of pyridine rings is 1. The van der Waals surface area contributed by atoms with E-state index in [1.165, 1.54) is 17.2 Å². The van der Waals surface area contributed by atoms with Gasteiger partial charge in [-0.05, 0) is 6.07 Å². The summed E-state index contributed by atoms with van der Waals surface area (Å²) in [6.07, 6.45) is 1.48. The van der Waals surface area contributed by atoms with Crippen molar-refractivity contribution < 1.29 is 13.2 Å². The minimum atomic E-state index is -3.64. The van der Waals surface area contributed by atoms with Crippen LogP contribution in [0.4, 0.5) is 5.69 Å². The van der Waals surface area contributed by atoms with E-state index in [2.05, 4.69) is 4.98 Å². The van der Waals surface area contributed by atoms with Crippen LogP contribution in [0.25, 0.3) is 0 Å². The number of amides is 1. The molecule has 19 heavy (non-hydrogen) atoms. The highest BCUT2D eigenvalue weighted by molar-refractivity contribution is 8.13. The van der Waals surface area contributed by atoms with E-state index in [0.717, 1.165) is 0 Å². The Kier molecular flexibility index (Phi) is 4.25. The predicted octanol–water partition coefficient (Wildman–Crippen LogP) is 2.31. The van der Waals surface area contributed by atoms with Gasteiger partial charge >= 0.3 is 0 Å². The summed E-state index contributed by atoms with van der Waals surface area (Å²) >= 11 is 11.7. The second-order valence-corrected chi connectivity index (χ2v) is 7.86. The lowest BCUT2D eigenvalue weighted by atomic mass is 10.1. The van der Waals surface area contributed by atoms with E-state index in [4.69, 9.17) is 33.9 Å². The maximum Gasteiger partial charge on any atom is 0.232 e. The number of nitrogens with zero attached hydrogens (tertiary/aromatic N) is 2. The second-order valence-electron chi connectivity index (χ2n) is 4.24. The van der Waals surface area contributed by atoms with Crippen molar-refractivity contribution in [2.75, 3.05) is 17.2 Å². The third-order valence-corrected chi connectivity index (χ3v) is 4.46. The van der Waals surface area contributed by atoms with Gasteiger partial charge in [-0.3, -0.25) is 4.79 Å². The number of hydrogen-bond acceptors (Lipinski definition) is 4. The van der Waals surface area contributed by atoms with E-state index in [1.54, 1.807) is 0 Å². The van der Waals surface area contributed by atoms with Crippen molar-refractivity contribution in [3.63, 3.8) is 0 Å². The monoisotopic (exact) mass is 342 g/mol. The zero-order chi connectivity index (χ0) is 14.2. The molecule has 0 aromatic carbocycles. The normalized spacial score (nSPS) is 20.1. The molecule has 1 unspecified atom stereocenters. The molecular formula is C10H9Cl3N2O3S. The van der Waals surface area contributed by atoms with Crippen LogP contribution >= 0.6 is 33.9 Å². The molecule has 0 aliphatic carbocycles. The summed E-state index contributed by atoms with van der Waals surface area (Å²) in [5, 5.41) is 0.493. The van der Waals surface area contributed by atoms with Crippen LogP contribution < -0.4 is 4.90 Å². The first-order valence-electron chi connectivity index (χ1n) is 5.30. The van der Waals surface area contributed by atoms with E-state index in [0.29, 0.717) is 10.7 Å². The van der Waals surface area contributed by atoms with Crippen molar-refractivity contribution >= 4 is 54.5 Å². The van der Waals surface area contributed by atoms with Gasteiger partial charge < -0.3 is 4.90 Å². The smallest absolute Gasteiger partial charge is 0.232 e. The minimum absolute atomic E-state index is 0.106. The summed E-state index contributed by atoms with van der Waals surface area (Å²) in [4.78, 5) is 17.1. The van der Waals surface area contributed by atoms with E-state index in [1.807, 2.05) is 0 Å². The number of hydrogen-bond donors (Lipinski definition) is 0. The van der Waals surface area contributed by atoms with Gasteiger partial charge in [-0.1, -0.05) is 23.2 Å². The molecule has 0 bridgehead atoms. The van der Waals surface area contributed by atoms with Gasteiger partial charge in [-0.25, -0.2) is 13.4 Å². The molecule has 1 fully saturated rings. The lowest BCUT2D eigenvalue weighted by molar-refractivity contribution is -0.117. The molecule has 2 rings (SSSR count). The van der Waals surface area contributed by atoms with E-state index in [-0.39, 0.29) is 35.7 Å². The first kappa shape index (κ1) is 14.8. The van der Waals surface area contributed by atoms with Crippen LogP contribution in [-0.2, 0) is 13.8 Å². The van der Waals surface area contributed by atoms with Crippen LogP contribution in [0.15, 0.2) is 12.3 Å². The number of rotatable bonds is 3. The molecule has 5 nitrogen and oxygen atoms in total. The van der Waals surface area contributed by atoms with Gasteiger partial charge in [0.2, 0.25) is 15.0 Å². The van der Waals surface area contributed by atoms with Crippen molar-refractivity contribution in [2.24, 2.45) is 5.92 Å². The Labute approximate surface area is 124 Å². The molecule has 2 heterocycles. The fraction of sp³-hybridized carbons (Fsp3) is 0.400. The quantitative estimate of drug-likeness (QED) is 0.624. The molecule has 1 aliphatic rings. The second kappa shape index (κ2) is 5.44. The minimum Gasteiger partial charge on any atom is -0.309 e. The number of carbonyl (C=O) groups excluding carboxylic acids is 1. The lowest BCUT2D eigenvalue weighted by Crippen LogP contribution is -2.25. The SMILES string of the molecule is O=C1CC(CS(=O)(=O)Cl)CN1c1cc(Cl)cnc1Cl. The van der Waals surface area contributed by atoms with Gasteiger partial charge in [0.05, 0.1) is 16.5 Å². The summed E-state index contributed by atoms with van der Waals surface area (Å²) in [6, 6.07) is 1.52. The Hall–Kier alpha value is -0.560. The number of anilines is 1. The number of aromatic nitrogens is 1. The van der Waals surface area contributed by atoms with Gasteiger partial charge in [0.25, 0.3) is 0 Å². The number of halogens is 3. The van der Waals surface area contributed by atoms with E-state index in [9.17, 15) is 13.2 Å². The Bertz CT molecular complexity index is 620. The predicted molar refractivity (Wildman–Crippen MR) is 74.4 cm³/mol. The van der Waals surface area contributed by atoms with Crippen LogP contribution in [0, 0.1) is 5.92 Å². The third kappa shape index (κ3) is 3.72. The molecule has 0 N–H and O–H groups in total.